The van der Waals surface area contributed by atoms with Crippen LogP contribution in [0.25, 0.3) is 16.8 Å². The van der Waals surface area contributed by atoms with Gasteiger partial charge in [-0.1, -0.05) is 36.4 Å². The number of amides is 1. The largest absolute Gasteiger partial charge is 0.497 e. The van der Waals surface area contributed by atoms with E-state index in [0.29, 0.717) is 24.6 Å². The molecular formula is C23H24N2O3. The number of hydrogen-bond acceptors (Lipinski definition) is 4. The van der Waals surface area contributed by atoms with Gasteiger partial charge in [0, 0.05) is 35.8 Å². The quantitative estimate of drug-likeness (QED) is 0.459. The molecule has 0 spiro atoms. The normalized spacial score (nSPS) is 10.8. The summed E-state index contributed by atoms with van der Waals surface area (Å²) >= 11 is 0. The van der Waals surface area contributed by atoms with E-state index >= 15 is 0 Å². The molecule has 3 aromatic carbocycles. The third-order valence-electron chi connectivity index (χ3n) is 4.38. The van der Waals surface area contributed by atoms with Gasteiger partial charge in [-0.05, 0) is 35.7 Å². The number of methoxy groups -OCH3 is 2. The molecule has 144 valence electrons. The highest BCUT2D eigenvalue weighted by atomic mass is 16.5. The highest BCUT2D eigenvalue weighted by molar-refractivity contribution is 5.94. The number of benzene rings is 3. The highest BCUT2D eigenvalue weighted by Gasteiger charge is 2.03. The molecule has 5 heteroatoms. The molecule has 0 heterocycles. The summed E-state index contributed by atoms with van der Waals surface area (Å²) in [5.41, 5.74) is 1.84. The van der Waals surface area contributed by atoms with Crippen molar-refractivity contribution in [2.24, 2.45) is 0 Å². The number of fused-ring (bicyclic) bond motifs is 1. The lowest BCUT2D eigenvalue weighted by Crippen LogP contribution is -2.27. The number of ether oxygens (including phenoxy) is 2. The van der Waals surface area contributed by atoms with Crippen LogP contribution in [0.2, 0.25) is 0 Å². The summed E-state index contributed by atoms with van der Waals surface area (Å²) in [5.74, 6) is 1.23. The lowest BCUT2D eigenvalue weighted by Gasteiger charge is -2.10. The van der Waals surface area contributed by atoms with Crippen LogP contribution < -0.4 is 20.1 Å². The van der Waals surface area contributed by atoms with E-state index in [1.54, 1.807) is 20.3 Å². The van der Waals surface area contributed by atoms with Crippen molar-refractivity contribution in [3.8, 4) is 11.5 Å². The van der Waals surface area contributed by atoms with Gasteiger partial charge in [0.25, 0.3) is 0 Å². The highest BCUT2D eigenvalue weighted by Crippen LogP contribution is 2.25. The summed E-state index contributed by atoms with van der Waals surface area (Å²) in [6.07, 6.45) is 3.21. The van der Waals surface area contributed by atoms with Crippen LogP contribution in [0.3, 0.4) is 0 Å². The number of carbonyl (C=O) groups excluding carboxylic acids is 1. The number of rotatable bonds is 8. The fourth-order valence-electron chi connectivity index (χ4n) is 2.96. The first-order valence-electron chi connectivity index (χ1n) is 9.11. The average molecular weight is 376 g/mol. The molecule has 0 aliphatic heterocycles. The Balaban J connectivity index is 1.53. The van der Waals surface area contributed by atoms with E-state index in [4.69, 9.17) is 9.47 Å². The molecule has 0 unspecified atom stereocenters. The third kappa shape index (κ3) is 4.82. The molecule has 1 amide bonds. The molecule has 0 saturated heterocycles. The van der Waals surface area contributed by atoms with Crippen molar-refractivity contribution in [3.63, 3.8) is 0 Å². The van der Waals surface area contributed by atoms with Crippen molar-refractivity contribution in [1.82, 2.24) is 5.32 Å². The second kappa shape index (κ2) is 9.46. The number of nitrogens with one attached hydrogen (secondary N) is 2. The van der Waals surface area contributed by atoms with E-state index in [1.165, 1.54) is 16.8 Å². The number of hydrogen-bond donors (Lipinski definition) is 2. The Labute approximate surface area is 165 Å². The maximum Gasteiger partial charge on any atom is 0.244 e. The van der Waals surface area contributed by atoms with Crippen molar-refractivity contribution in [3.05, 3.63) is 72.3 Å². The zero-order chi connectivity index (χ0) is 19.8. The molecule has 0 fully saturated rings. The summed E-state index contributed by atoms with van der Waals surface area (Å²) in [7, 11) is 3.20. The standard InChI is InChI=1S/C23H24N2O3/c1-27-19-11-12-22(28-2)18(16-19)10-13-23(26)25-15-14-24-21-9-5-7-17-6-3-4-8-20(17)21/h3-13,16,24H,14-15H2,1-2H3,(H,25,26)/b13-10+. The zero-order valence-corrected chi connectivity index (χ0v) is 16.1. The van der Waals surface area contributed by atoms with E-state index in [-0.39, 0.29) is 5.91 Å². The Kier molecular flexibility index (Phi) is 6.52. The van der Waals surface area contributed by atoms with Crippen LogP contribution >= 0.6 is 0 Å². The van der Waals surface area contributed by atoms with Gasteiger partial charge in [0.15, 0.2) is 0 Å². The van der Waals surface area contributed by atoms with Gasteiger partial charge in [0.05, 0.1) is 14.2 Å². The van der Waals surface area contributed by atoms with Crippen LogP contribution in [0.1, 0.15) is 5.56 Å². The van der Waals surface area contributed by atoms with Crippen molar-refractivity contribution >= 4 is 28.4 Å². The van der Waals surface area contributed by atoms with E-state index in [0.717, 1.165) is 11.3 Å². The molecule has 0 bridgehead atoms. The molecule has 0 atom stereocenters. The van der Waals surface area contributed by atoms with Gasteiger partial charge in [0.1, 0.15) is 11.5 Å². The molecule has 5 nitrogen and oxygen atoms in total. The van der Waals surface area contributed by atoms with Crippen LogP contribution in [0.4, 0.5) is 5.69 Å². The van der Waals surface area contributed by atoms with Gasteiger partial charge < -0.3 is 20.1 Å². The van der Waals surface area contributed by atoms with Gasteiger partial charge >= 0.3 is 0 Å². The summed E-state index contributed by atoms with van der Waals surface area (Å²) in [6.45, 7) is 1.15. The lowest BCUT2D eigenvalue weighted by atomic mass is 10.1. The second-order valence-corrected chi connectivity index (χ2v) is 6.19. The third-order valence-corrected chi connectivity index (χ3v) is 4.38. The molecule has 0 aromatic heterocycles. The summed E-state index contributed by atoms with van der Waals surface area (Å²) in [5, 5.41) is 8.61. The van der Waals surface area contributed by atoms with Crippen LogP contribution in [0.5, 0.6) is 11.5 Å². The predicted octanol–water partition coefficient (Wildman–Crippen LogP) is 4.10. The van der Waals surface area contributed by atoms with Crippen LogP contribution in [-0.4, -0.2) is 33.2 Å². The monoisotopic (exact) mass is 376 g/mol. The molecule has 28 heavy (non-hydrogen) atoms. The Morgan fingerprint density at radius 1 is 0.964 bits per heavy atom. The van der Waals surface area contributed by atoms with Gasteiger partial charge in [-0.25, -0.2) is 0 Å². The minimum Gasteiger partial charge on any atom is -0.497 e. The molecule has 3 aromatic rings. The molecule has 0 saturated carbocycles. The fourth-order valence-corrected chi connectivity index (χ4v) is 2.96. The number of anilines is 1. The molecule has 3 rings (SSSR count). The topological polar surface area (TPSA) is 59.6 Å². The van der Waals surface area contributed by atoms with Crippen molar-refractivity contribution < 1.29 is 14.3 Å². The van der Waals surface area contributed by atoms with Gasteiger partial charge in [0.2, 0.25) is 5.91 Å². The average Bonchev–Trinajstić information content (AvgIpc) is 2.75. The Morgan fingerprint density at radius 2 is 1.79 bits per heavy atom. The van der Waals surface area contributed by atoms with E-state index in [9.17, 15) is 4.79 Å². The maximum absolute atomic E-state index is 12.1. The maximum atomic E-state index is 12.1. The Hall–Kier alpha value is -3.47. The second-order valence-electron chi connectivity index (χ2n) is 6.19. The first kappa shape index (κ1) is 19.3. The summed E-state index contributed by atoms with van der Waals surface area (Å²) < 4.78 is 10.5. The predicted molar refractivity (Wildman–Crippen MR) is 114 cm³/mol. The lowest BCUT2D eigenvalue weighted by molar-refractivity contribution is -0.116. The van der Waals surface area contributed by atoms with Crippen molar-refractivity contribution in [1.29, 1.82) is 0 Å². The van der Waals surface area contributed by atoms with Crippen molar-refractivity contribution in [2.75, 3.05) is 32.6 Å². The molecule has 0 aliphatic carbocycles. The van der Waals surface area contributed by atoms with Crippen LogP contribution in [0.15, 0.2) is 66.7 Å². The molecule has 0 radical (unpaired) electrons. The first-order chi connectivity index (χ1) is 13.7. The zero-order valence-electron chi connectivity index (χ0n) is 16.1. The molecular weight excluding hydrogens is 352 g/mol. The minimum atomic E-state index is -0.162. The van der Waals surface area contributed by atoms with Gasteiger partial charge in [-0.3, -0.25) is 4.79 Å². The summed E-state index contributed by atoms with van der Waals surface area (Å²) in [4.78, 5) is 12.1. The molecule has 0 aliphatic rings. The van der Waals surface area contributed by atoms with E-state index in [1.807, 2.05) is 42.5 Å². The fraction of sp³-hybridized carbons (Fsp3) is 0.174. The SMILES string of the molecule is COc1ccc(OC)c(/C=C/C(=O)NCCNc2cccc3ccccc23)c1. The Morgan fingerprint density at radius 3 is 2.61 bits per heavy atom. The van der Waals surface area contributed by atoms with E-state index < -0.39 is 0 Å². The Bertz CT molecular complexity index is 977. The van der Waals surface area contributed by atoms with Gasteiger partial charge in [-0.15, -0.1) is 0 Å². The van der Waals surface area contributed by atoms with E-state index in [2.05, 4.69) is 28.8 Å². The number of carbonyl (C=O) groups is 1. The molecule has 2 N–H and O–H groups in total. The minimum absolute atomic E-state index is 0.162. The first-order valence-corrected chi connectivity index (χ1v) is 9.11. The van der Waals surface area contributed by atoms with Gasteiger partial charge in [-0.2, -0.15) is 0 Å². The smallest absolute Gasteiger partial charge is 0.244 e. The van der Waals surface area contributed by atoms with Crippen LogP contribution in [0, 0.1) is 0 Å². The van der Waals surface area contributed by atoms with Crippen molar-refractivity contribution in [2.45, 2.75) is 0 Å². The van der Waals surface area contributed by atoms with Crippen LogP contribution in [-0.2, 0) is 4.79 Å². The summed E-state index contributed by atoms with van der Waals surface area (Å²) in [6, 6.07) is 19.8.